The van der Waals surface area contributed by atoms with Gasteiger partial charge in [0.15, 0.2) is 0 Å². The molecule has 21 heavy (non-hydrogen) atoms. The van der Waals surface area contributed by atoms with Crippen LogP contribution in [0.5, 0.6) is 0 Å². The lowest BCUT2D eigenvalue weighted by molar-refractivity contribution is 0.00369. The van der Waals surface area contributed by atoms with Crippen LogP contribution in [0, 0.1) is 5.92 Å². The summed E-state index contributed by atoms with van der Waals surface area (Å²) in [7, 11) is 4.03. The van der Waals surface area contributed by atoms with Crippen molar-refractivity contribution in [2.24, 2.45) is 5.92 Å². The van der Waals surface area contributed by atoms with Crippen molar-refractivity contribution in [2.75, 3.05) is 38.6 Å². The van der Waals surface area contributed by atoms with Gasteiger partial charge in [-0.3, -0.25) is 4.98 Å². The first-order chi connectivity index (χ1) is 9.88. The molecule has 1 aromatic heterocycles. The van der Waals surface area contributed by atoms with Gasteiger partial charge in [-0.2, -0.15) is 0 Å². The molecule has 2 heterocycles. The number of nitrogens with zero attached hydrogens (tertiary/aromatic N) is 3. The van der Waals surface area contributed by atoms with E-state index in [1.165, 1.54) is 0 Å². The maximum absolute atomic E-state index is 10.7. The van der Waals surface area contributed by atoms with Crippen LogP contribution in [0.15, 0.2) is 18.3 Å². The summed E-state index contributed by atoms with van der Waals surface area (Å²) in [5.41, 5.74) is 1.66. The predicted molar refractivity (Wildman–Crippen MR) is 87.7 cm³/mol. The Bertz CT molecular complexity index is 444. The second-order valence-electron chi connectivity index (χ2n) is 7.09. The average molecular weight is 291 g/mol. The first kappa shape index (κ1) is 16.2. The Morgan fingerprint density at radius 1 is 1.38 bits per heavy atom. The Balaban J connectivity index is 2.04. The van der Waals surface area contributed by atoms with Gasteiger partial charge in [-0.1, -0.05) is 13.8 Å². The van der Waals surface area contributed by atoms with Crippen LogP contribution < -0.4 is 4.90 Å². The van der Waals surface area contributed by atoms with Gasteiger partial charge in [0, 0.05) is 25.3 Å². The van der Waals surface area contributed by atoms with Gasteiger partial charge in [0.1, 0.15) is 0 Å². The molecule has 1 saturated heterocycles. The van der Waals surface area contributed by atoms with Gasteiger partial charge in [-0.05, 0) is 51.4 Å². The van der Waals surface area contributed by atoms with Gasteiger partial charge < -0.3 is 14.9 Å². The molecule has 4 nitrogen and oxygen atoms in total. The summed E-state index contributed by atoms with van der Waals surface area (Å²) < 4.78 is 0. The van der Waals surface area contributed by atoms with Gasteiger partial charge in [-0.15, -0.1) is 0 Å². The van der Waals surface area contributed by atoms with Crippen LogP contribution in [-0.2, 0) is 6.42 Å². The van der Waals surface area contributed by atoms with Crippen molar-refractivity contribution in [2.45, 2.75) is 38.7 Å². The highest BCUT2D eigenvalue weighted by Crippen LogP contribution is 2.26. The van der Waals surface area contributed by atoms with Gasteiger partial charge in [-0.25, -0.2) is 0 Å². The van der Waals surface area contributed by atoms with Gasteiger partial charge in [0.05, 0.1) is 17.5 Å². The zero-order chi connectivity index (χ0) is 15.5. The number of β-amino-alcohol motifs (C(OH)–C–C–N with tert-alkyl or cyclic N) is 1. The number of likely N-dealkylation sites (N-methyl/N-ethyl adjacent to an activating group) is 1. The third kappa shape index (κ3) is 4.68. The molecule has 4 heteroatoms. The Hall–Kier alpha value is -1.13. The van der Waals surface area contributed by atoms with Gasteiger partial charge in [0.2, 0.25) is 0 Å². The fraction of sp³-hybridized carbons (Fsp3) is 0.706. The summed E-state index contributed by atoms with van der Waals surface area (Å²) in [6.07, 6.45) is 4.88. The summed E-state index contributed by atoms with van der Waals surface area (Å²) in [4.78, 5) is 8.90. The summed E-state index contributed by atoms with van der Waals surface area (Å²) in [5, 5.41) is 10.7. The lowest BCUT2D eigenvalue weighted by atomic mass is 9.92. The summed E-state index contributed by atoms with van der Waals surface area (Å²) in [6, 6.07) is 4.26. The maximum Gasteiger partial charge on any atom is 0.0948 e. The third-order valence-corrected chi connectivity index (χ3v) is 3.96. The highest BCUT2D eigenvalue weighted by Gasteiger charge is 2.33. The number of hydrogen-bond donors (Lipinski definition) is 1. The molecule has 0 unspecified atom stereocenters. The average Bonchev–Trinajstić information content (AvgIpc) is 2.37. The summed E-state index contributed by atoms with van der Waals surface area (Å²) in [6.45, 7) is 6.82. The molecular weight excluding hydrogens is 262 g/mol. The van der Waals surface area contributed by atoms with Crippen molar-refractivity contribution in [3.05, 3.63) is 24.0 Å². The molecule has 1 aliphatic heterocycles. The number of piperidine rings is 1. The fourth-order valence-electron chi connectivity index (χ4n) is 3.19. The van der Waals surface area contributed by atoms with E-state index in [0.29, 0.717) is 19.0 Å². The molecule has 1 N–H and O–H groups in total. The SMILES string of the molecule is CC(C)Cc1ccc(N2CCC[C@@](O)(CN(C)C)C2)cn1. The minimum absolute atomic E-state index is 0.613. The first-order valence-electron chi connectivity index (χ1n) is 7.95. The van der Waals surface area contributed by atoms with E-state index in [1.54, 1.807) is 0 Å². The highest BCUT2D eigenvalue weighted by molar-refractivity contribution is 5.45. The number of pyridine rings is 1. The molecule has 0 aliphatic carbocycles. The van der Waals surface area contributed by atoms with E-state index in [9.17, 15) is 5.11 Å². The van der Waals surface area contributed by atoms with E-state index in [1.807, 2.05) is 20.3 Å². The van der Waals surface area contributed by atoms with E-state index in [2.05, 4.69) is 40.8 Å². The zero-order valence-corrected chi connectivity index (χ0v) is 13.8. The van der Waals surface area contributed by atoms with E-state index < -0.39 is 5.60 Å². The van der Waals surface area contributed by atoms with E-state index in [4.69, 9.17) is 0 Å². The van der Waals surface area contributed by atoms with Crippen molar-refractivity contribution < 1.29 is 5.11 Å². The summed E-state index contributed by atoms with van der Waals surface area (Å²) >= 11 is 0. The molecule has 0 bridgehead atoms. The van der Waals surface area contributed by atoms with Crippen LogP contribution in [0.4, 0.5) is 5.69 Å². The monoisotopic (exact) mass is 291 g/mol. The lowest BCUT2D eigenvalue weighted by Gasteiger charge is -2.41. The lowest BCUT2D eigenvalue weighted by Crippen LogP contribution is -2.53. The molecule has 0 radical (unpaired) electrons. The Morgan fingerprint density at radius 2 is 2.14 bits per heavy atom. The van der Waals surface area contributed by atoms with Crippen molar-refractivity contribution in [3.63, 3.8) is 0 Å². The van der Waals surface area contributed by atoms with Gasteiger partial charge >= 0.3 is 0 Å². The predicted octanol–water partition coefficient (Wildman–Crippen LogP) is 2.17. The van der Waals surface area contributed by atoms with Crippen molar-refractivity contribution in [1.29, 1.82) is 0 Å². The first-order valence-corrected chi connectivity index (χ1v) is 7.95. The van der Waals surface area contributed by atoms with E-state index in [0.717, 1.165) is 37.2 Å². The van der Waals surface area contributed by atoms with Crippen LogP contribution in [0.3, 0.4) is 0 Å². The molecule has 1 aliphatic rings. The minimum Gasteiger partial charge on any atom is -0.387 e. The van der Waals surface area contributed by atoms with Gasteiger partial charge in [0.25, 0.3) is 0 Å². The topological polar surface area (TPSA) is 39.6 Å². The fourth-order valence-corrected chi connectivity index (χ4v) is 3.19. The molecule has 2 rings (SSSR count). The van der Waals surface area contributed by atoms with E-state index in [-0.39, 0.29) is 0 Å². The smallest absolute Gasteiger partial charge is 0.0948 e. The Labute approximate surface area is 128 Å². The third-order valence-electron chi connectivity index (χ3n) is 3.96. The summed E-state index contributed by atoms with van der Waals surface area (Å²) in [5.74, 6) is 0.628. The molecule has 0 saturated carbocycles. The van der Waals surface area contributed by atoms with Crippen LogP contribution in [0.1, 0.15) is 32.4 Å². The normalized spacial score (nSPS) is 23.1. The molecule has 0 spiro atoms. The van der Waals surface area contributed by atoms with Crippen LogP contribution in [0.25, 0.3) is 0 Å². The molecule has 118 valence electrons. The molecule has 0 amide bonds. The molecule has 1 atom stereocenters. The van der Waals surface area contributed by atoms with Crippen molar-refractivity contribution >= 4 is 5.69 Å². The second kappa shape index (κ2) is 6.75. The maximum atomic E-state index is 10.7. The molecule has 1 fully saturated rings. The number of hydrogen-bond acceptors (Lipinski definition) is 4. The molecule has 1 aromatic rings. The highest BCUT2D eigenvalue weighted by atomic mass is 16.3. The molecular formula is C17H29N3O. The van der Waals surface area contributed by atoms with Crippen LogP contribution in [-0.4, -0.2) is 54.3 Å². The largest absolute Gasteiger partial charge is 0.387 e. The second-order valence-corrected chi connectivity index (χ2v) is 7.09. The number of aromatic nitrogens is 1. The zero-order valence-electron chi connectivity index (χ0n) is 13.8. The Kier molecular flexibility index (Phi) is 5.22. The van der Waals surface area contributed by atoms with Crippen LogP contribution >= 0.6 is 0 Å². The van der Waals surface area contributed by atoms with Crippen molar-refractivity contribution in [1.82, 2.24) is 9.88 Å². The standard InChI is InChI=1S/C17H29N3O/c1-14(2)10-15-6-7-16(11-18-15)20-9-5-8-17(21,13-20)12-19(3)4/h6-7,11,14,21H,5,8-10,12-13H2,1-4H3/t17-/m1/s1. The minimum atomic E-state index is -0.613. The Morgan fingerprint density at radius 3 is 2.71 bits per heavy atom. The number of aliphatic hydroxyl groups is 1. The van der Waals surface area contributed by atoms with Crippen molar-refractivity contribution in [3.8, 4) is 0 Å². The number of rotatable bonds is 5. The quantitative estimate of drug-likeness (QED) is 0.902. The molecule has 0 aromatic carbocycles. The van der Waals surface area contributed by atoms with Crippen LogP contribution in [0.2, 0.25) is 0 Å². The van der Waals surface area contributed by atoms with E-state index >= 15 is 0 Å². The number of anilines is 1.